The summed E-state index contributed by atoms with van der Waals surface area (Å²) in [6.07, 6.45) is 1.18. The van der Waals surface area contributed by atoms with Gasteiger partial charge in [-0.2, -0.15) is 11.8 Å². The van der Waals surface area contributed by atoms with Gasteiger partial charge in [0.25, 0.3) is 0 Å². The van der Waals surface area contributed by atoms with E-state index in [1.165, 1.54) is 6.42 Å². The molecule has 0 saturated heterocycles. The molecule has 0 aromatic rings. The van der Waals surface area contributed by atoms with Crippen LogP contribution in [0.4, 0.5) is 0 Å². The Morgan fingerprint density at radius 3 is 2.78 bits per heavy atom. The lowest BCUT2D eigenvalue weighted by Crippen LogP contribution is -1.95. The van der Waals surface area contributed by atoms with Gasteiger partial charge in [0.15, 0.2) is 0 Å². The van der Waals surface area contributed by atoms with Gasteiger partial charge < -0.3 is 5.21 Å². The number of rotatable bonds is 4. The van der Waals surface area contributed by atoms with Crippen LogP contribution in [0.1, 0.15) is 20.3 Å². The molecule has 0 bridgehead atoms. The highest BCUT2D eigenvalue weighted by molar-refractivity contribution is 7.99. The summed E-state index contributed by atoms with van der Waals surface area (Å²) in [7, 11) is 0. The first kappa shape index (κ1) is 8.82. The van der Waals surface area contributed by atoms with Crippen LogP contribution >= 0.6 is 11.8 Å². The second-order valence-electron chi connectivity index (χ2n) is 1.89. The Hall–Kier alpha value is -0.180. The molecule has 0 aromatic heterocycles. The van der Waals surface area contributed by atoms with Gasteiger partial charge in [-0.1, -0.05) is 12.1 Å². The molecule has 0 saturated carbocycles. The van der Waals surface area contributed by atoms with E-state index in [9.17, 15) is 0 Å². The third-order valence-corrected chi connectivity index (χ3v) is 2.15. The van der Waals surface area contributed by atoms with Crippen molar-refractivity contribution in [2.45, 2.75) is 20.3 Å². The SMILES string of the molecule is CCCSC/C(C)=N\O. The Kier molecular flexibility index (Phi) is 5.83. The van der Waals surface area contributed by atoms with Gasteiger partial charge in [-0.25, -0.2) is 0 Å². The topological polar surface area (TPSA) is 32.6 Å². The molecule has 9 heavy (non-hydrogen) atoms. The maximum Gasteiger partial charge on any atom is 0.0638 e. The van der Waals surface area contributed by atoms with Gasteiger partial charge in [-0.3, -0.25) is 0 Å². The number of thioether (sulfide) groups is 1. The van der Waals surface area contributed by atoms with Crippen LogP contribution in [0.25, 0.3) is 0 Å². The standard InChI is InChI=1S/C6H13NOS/c1-3-4-9-5-6(2)7-8/h8H,3-5H2,1-2H3/b7-6-. The second kappa shape index (κ2) is 5.95. The van der Waals surface area contributed by atoms with Gasteiger partial charge in [0.1, 0.15) is 0 Å². The fourth-order valence-electron chi connectivity index (χ4n) is 0.393. The first-order valence-corrected chi connectivity index (χ1v) is 4.22. The second-order valence-corrected chi connectivity index (χ2v) is 2.99. The molecule has 0 rings (SSSR count). The van der Waals surface area contributed by atoms with Gasteiger partial charge in [0, 0.05) is 5.75 Å². The average Bonchev–Trinajstić information content (AvgIpc) is 1.89. The zero-order valence-corrected chi connectivity index (χ0v) is 6.74. The van der Waals surface area contributed by atoms with Crippen LogP contribution < -0.4 is 0 Å². The normalized spacial score (nSPS) is 12.0. The summed E-state index contributed by atoms with van der Waals surface area (Å²) in [6, 6.07) is 0. The molecule has 3 heteroatoms. The molecular weight excluding hydrogens is 134 g/mol. The van der Waals surface area contributed by atoms with Crippen LogP contribution in [0.5, 0.6) is 0 Å². The highest BCUT2D eigenvalue weighted by atomic mass is 32.2. The van der Waals surface area contributed by atoms with E-state index in [1.54, 1.807) is 11.8 Å². The number of hydrogen-bond donors (Lipinski definition) is 1. The van der Waals surface area contributed by atoms with Crippen molar-refractivity contribution in [2.75, 3.05) is 11.5 Å². The monoisotopic (exact) mass is 147 g/mol. The van der Waals surface area contributed by atoms with Gasteiger partial charge in [0.05, 0.1) is 5.71 Å². The maximum atomic E-state index is 8.21. The van der Waals surface area contributed by atoms with Gasteiger partial charge in [-0.15, -0.1) is 0 Å². The van der Waals surface area contributed by atoms with Gasteiger partial charge >= 0.3 is 0 Å². The van der Waals surface area contributed by atoms with E-state index >= 15 is 0 Å². The molecule has 0 aromatic carbocycles. The Morgan fingerprint density at radius 2 is 2.33 bits per heavy atom. The molecule has 0 radical (unpaired) electrons. The fourth-order valence-corrected chi connectivity index (χ4v) is 1.18. The highest BCUT2D eigenvalue weighted by Gasteiger charge is 1.89. The zero-order chi connectivity index (χ0) is 7.11. The molecule has 0 atom stereocenters. The minimum absolute atomic E-state index is 0.799. The highest BCUT2D eigenvalue weighted by Crippen LogP contribution is 2.01. The summed E-state index contributed by atoms with van der Waals surface area (Å²) in [5.74, 6) is 2.00. The van der Waals surface area contributed by atoms with Crippen molar-refractivity contribution in [3.05, 3.63) is 0 Å². The Balaban J connectivity index is 3.07. The average molecular weight is 147 g/mol. The van der Waals surface area contributed by atoms with E-state index in [-0.39, 0.29) is 0 Å². The summed E-state index contributed by atoms with van der Waals surface area (Å²) in [5, 5.41) is 11.3. The van der Waals surface area contributed by atoms with Crippen molar-refractivity contribution in [3.63, 3.8) is 0 Å². The van der Waals surface area contributed by atoms with Gasteiger partial charge in [0.2, 0.25) is 0 Å². The molecule has 0 aliphatic heterocycles. The summed E-state index contributed by atoms with van der Waals surface area (Å²) in [4.78, 5) is 0. The lowest BCUT2D eigenvalue weighted by molar-refractivity contribution is 0.318. The summed E-state index contributed by atoms with van der Waals surface area (Å²) < 4.78 is 0. The van der Waals surface area contributed by atoms with Gasteiger partial charge in [-0.05, 0) is 19.1 Å². The van der Waals surface area contributed by atoms with Crippen molar-refractivity contribution < 1.29 is 5.21 Å². The molecule has 1 N–H and O–H groups in total. The van der Waals surface area contributed by atoms with Crippen molar-refractivity contribution in [3.8, 4) is 0 Å². The van der Waals surface area contributed by atoms with E-state index in [0.29, 0.717) is 0 Å². The predicted molar refractivity (Wildman–Crippen MR) is 42.5 cm³/mol. The summed E-state index contributed by atoms with van der Waals surface area (Å²) in [6.45, 7) is 3.96. The fraction of sp³-hybridized carbons (Fsp3) is 0.833. The maximum absolute atomic E-state index is 8.21. The van der Waals surface area contributed by atoms with Crippen molar-refractivity contribution in [1.82, 2.24) is 0 Å². The first-order valence-electron chi connectivity index (χ1n) is 3.06. The molecule has 0 aliphatic carbocycles. The van der Waals surface area contributed by atoms with E-state index in [2.05, 4.69) is 12.1 Å². The Morgan fingerprint density at radius 1 is 1.67 bits per heavy atom. The Labute approximate surface area is 60.3 Å². The van der Waals surface area contributed by atoms with Crippen molar-refractivity contribution in [1.29, 1.82) is 0 Å². The molecule has 0 unspecified atom stereocenters. The molecule has 0 amide bonds. The van der Waals surface area contributed by atoms with E-state index in [4.69, 9.17) is 5.21 Å². The minimum Gasteiger partial charge on any atom is -0.411 e. The van der Waals surface area contributed by atoms with E-state index < -0.39 is 0 Å². The summed E-state index contributed by atoms with van der Waals surface area (Å²) in [5.41, 5.74) is 0.799. The number of nitrogens with zero attached hydrogens (tertiary/aromatic N) is 1. The third-order valence-electron chi connectivity index (χ3n) is 0.830. The first-order chi connectivity index (χ1) is 4.31. The van der Waals surface area contributed by atoms with Crippen molar-refractivity contribution in [2.24, 2.45) is 5.16 Å². The lowest BCUT2D eigenvalue weighted by Gasteiger charge is -1.94. The lowest BCUT2D eigenvalue weighted by atomic mass is 10.5. The van der Waals surface area contributed by atoms with Crippen LogP contribution in [0.15, 0.2) is 5.16 Å². The molecule has 0 heterocycles. The quantitative estimate of drug-likeness (QED) is 0.285. The van der Waals surface area contributed by atoms with Crippen LogP contribution in [-0.4, -0.2) is 22.4 Å². The largest absolute Gasteiger partial charge is 0.411 e. The predicted octanol–water partition coefficient (Wildman–Crippen LogP) is 1.98. The van der Waals surface area contributed by atoms with E-state index in [0.717, 1.165) is 17.2 Å². The van der Waals surface area contributed by atoms with Crippen LogP contribution in [-0.2, 0) is 0 Å². The molecular formula is C6H13NOS. The van der Waals surface area contributed by atoms with Crippen LogP contribution in [0, 0.1) is 0 Å². The van der Waals surface area contributed by atoms with Crippen LogP contribution in [0.2, 0.25) is 0 Å². The number of hydrogen-bond acceptors (Lipinski definition) is 3. The molecule has 0 aliphatic rings. The van der Waals surface area contributed by atoms with E-state index in [1.807, 2.05) is 6.92 Å². The summed E-state index contributed by atoms with van der Waals surface area (Å²) >= 11 is 1.80. The number of oxime groups is 1. The van der Waals surface area contributed by atoms with Crippen LogP contribution in [0.3, 0.4) is 0 Å². The Bertz CT molecular complexity index is 93.1. The zero-order valence-electron chi connectivity index (χ0n) is 5.92. The molecule has 2 nitrogen and oxygen atoms in total. The third kappa shape index (κ3) is 5.69. The molecule has 54 valence electrons. The molecule has 0 spiro atoms. The van der Waals surface area contributed by atoms with Crippen molar-refractivity contribution >= 4 is 17.5 Å². The minimum atomic E-state index is 0.799. The smallest absolute Gasteiger partial charge is 0.0638 e. The molecule has 0 fully saturated rings.